The van der Waals surface area contributed by atoms with E-state index in [0.29, 0.717) is 0 Å². The number of hydrogen-bond acceptors (Lipinski definition) is 4. The molecule has 96 valence electrons. The van der Waals surface area contributed by atoms with E-state index in [1.165, 1.54) is 0 Å². The third-order valence-electron chi connectivity index (χ3n) is 2.63. The molecule has 0 radical (unpaired) electrons. The fourth-order valence-corrected chi connectivity index (χ4v) is 1.88. The van der Waals surface area contributed by atoms with Crippen molar-refractivity contribution in [2.24, 2.45) is 11.5 Å². The minimum Gasteiger partial charge on any atom is -0.368 e. The Hall–Kier alpha value is -1.63. The van der Waals surface area contributed by atoms with Gasteiger partial charge in [0.25, 0.3) is 0 Å². The summed E-state index contributed by atoms with van der Waals surface area (Å²) >= 11 is 0. The molecule has 1 aliphatic heterocycles. The number of nitrogens with zero attached hydrogens (tertiary/aromatic N) is 1. The minimum atomic E-state index is -0.654. The normalized spacial score (nSPS) is 18.9. The number of carbonyl (C=O) groups is 3. The molecule has 3 amide bonds. The Kier molecular flexibility index (Phi) is 4.89. The average Bonchev–Trinajstić information content (AvgIpc) is 2.67. The molecule has 1 fully saturated rings. The maximum atomic E-state index is 11.8. The van der Waals surface area contributed by atoms with Crippen molar-refractivity contribution in [3.63, 3.8) is 0 Å². The Bertz CT molecular complexity index is 297. The van der Waals surface area contributed by atoms with Gasteiger partial charge in [-0.15, -0.1) is 0 Å². The summed E-state index contributed by atoms with van der Waals surface area (Å²) in [5.41, 5.74) is 10.0. The van der Waals surface area contributed by atoms with Crippen molar-refractivity contribution >= 4 is 17.7 Å². The molecule has 1 saturated heterocycles. The molecule has 0 aliphatic carbocycles. The van der Waals surface area contributed by atoms with Gasteiger partial charge in [-0.25, -0.2) is 0 Å². The molecule has 1 aliphatic rings. The lowest BCUT2D eigenvalue weighted by Gasteiger charge is -2.21. The molecular weight excluding hydrogens is 224 g/mol. The van der Waals surface area contributed by atoms with Crippen molar-refractivity contribution in [3.8, 4) is 0 Å². The van der Waals surface area contributed by atoms with Crippen molar-refractivity contribution < 1.29 is 14.4 Å². The molecule has 1 unspecified atom stereocenters. The van der Waals surface area contributed by atoms with E-state index in [1.807, 2.05) is 0 Å². The summed E-state index contributed by atoms with van der Waals surface area (Å²) < 4.78 is 0. The van der Waals surface area contributed by atoms with Crippen molar-refractivity contribution in [3.05, 3.63) is 0 Å². The van der Waals surface area contributed by atoms with Crippen LogP contribution in [0.3, 0.4) is 0 Å². The standard InChI is InChI=1S/C10H18N4O3/c11-8(15)5-14(6-9(12)16)10(17)4-7-2-1-3-13-7/h7,13H,1-6H2,(H2,11,15)(H2,12,16). The second-order valence-corrected chi connectivity index (χ2v) is 4.18. The summed E-state index contributed by atoms with van der Waals surface area (Å²) in [6.45, 7) is 0.354. The predicted molar refractivity (Wildman–Crippen MR) is 60.6 cm³/mol. The van der Waals surface area contributed by atoms with Gasteiger partial charge in [-0.05, 0) is 19.4 Å². The minimum absolute atomic E-state index is 0.116. The zero-order valence-corrected chi connectivity index (χ0v) is 9.65. The van der Waals surface area contributed by atoms with Crippen LogP contribution in [-0.2, 0) is 14.4 Å². The van der Waals surface area contributed by atoms with Crippen molar-refractivity contribution in [2.45, 2.75) is 25.3 Å². The molecule has 0 bridgehead atoms. The van der Waals surface area contributed by atoms with Gasteiger partial charge in [-0.2, -0.15) is 0 Å². The second kappa shape index (κ2) is 6.19. The number of primary amides is 2. The highest BCUT2D eigenvalue weighted by Crippen LogP contribution is 2.10. The summed E-state index contributed by atoms with van der Waals surface area (Å²) in [5, 5.41) is 3.17. The zero-order valence-electron chi connectivity index (χ0n) is 9.65. The maximum absolute atomic E-state index is 11.8. The second-order valence-electron chi connectivity index (χ2n) is 4.18. The van der Waals surface area contributed by atoms with Crippen LogP contribution < -0.4 is 16.8 Å². The van der Waals surface area contributed by atoms with Gasteiger partial charge in [0.1, 0.15) is 0 Å². The molecule has 0 spiro atoms. The predicted octanol–water partition coefficient (Wildman–Crippen LogP) is -2.07. The van der Waals surface area contributed by atoms with Gasteiger partial charge in [0, 0.05) is 12.5 Å². The Morgan fingerprint density at radius 1 is 1.18 bits per heavy atom. The lowest BCUT2D eigenvalue weighted by atomic mass is 10.1. The fraction of sp³-hybridized carbons (Fsp3) is 0.700. The zero-order chi connectivity index (χ0) is 12.8. The third-order valence-corrected chi connectivity index (χ3v) is 2.63. The molecule has 7 heteroatoms. The van der Waals surface area contributed by atoms with E-state index in [2.05, 4.69) is 5.32 Å². The van der Waals surface area contributed by atoms with Crippen LogP contribution in [0.1, 0.15) is 19.3 Å². The largest absolute Gasteiger partial charge is 0.368 e. The summed E-state index contributed by atoms with van der Waals surface area (Å²) in [4.78, 5) is 34.5. The molecule has 0 saturated carbocycles. The van der Waals surface area contributed by atoms with Crippen LogP contribution in [-0.4, -0.2) is 48.3 Å². The first-order valence-corrected chi connectivity index (χ1v) is 5.57. The van der Waals surface area contributed by atoms with Gasteiger partial charge in [-0.3, -0.25) is 14.4 Å². The van der Waals surface area contributed by atoms with Crippen LogP contribution in [0.4, 0.5) is 0 Å². The van der Waals surface area contributed by atoms with Crippen LogP contribution in [0.5, 0.6) is 0 Å². The first kappa shape index (κ1) is 13.4. The summed E-state index contributed by atoms with van der Waals surface area (Å²) in [6.07, 6.45) is 2.22. The molecule has 0 aromatic carbocycles. The van der Waals surface area contributed by atoms with Crippen LogP contribution in [0, 0.1) is 0 Å². The Morgan fingerprint density at radius 3 is 2.18 bits per heavy atom. The van der Waals surface area contributed by atoms with E-state index < -0.39 is 11.8 Å². The van der Waals surface area contributed by atoms with E-state index in [1.54, 1.807) is 0 Å². The van der Waals surface area contributed by atoms with Gasteiger partial charge >= 0.3 is 0 Å². The number of nitrogens with one attached hydrogen (secondary N) is 1. The molecular formula is C10H18N4O3. The average molecular weight is 242 g/mol. The van der Waals surface area contributed by atoms with E-state index in [0.717, 1.165) is 24.3 Å². The highest BCUT2D eigenvalue weighted by Gasteiger charge is 2.23. The number of amides is 3. The van der Waals surface area contributed by atoms with Gasteiger partial charge in [0.15, 0.2) is 0 Å². The topological polar surface area (TPSA) is 119 Å². The Balaban J connectivity index is 2.51. The van der Waals surface area contributed by atoms with Crippen molar-refractivity contribution in [2.75, 3.05) is 19.6 Å². The van der Waals surface area contributed by atoms with Crippen LogP contribution in [0.15, 0.2) is 0 Å². The highest BCUT2D eigenvalue weighted by atomic mass is 16.2. The summed E-state index contributed by atoms with van der Waals surface area (Å²) in [7, 11) is 0. The Morgan fingerprint density at radius 2 is 1.76 bits per heavy atom. The first-order chi connectivity index (χ1) is 7.99. The van der Waals surface area contributed by atoms with Crippen LogP contribution >= 0.6 is 0 Å². The smallest absolute Gasteiger partial charge is 0.237 e. The highest BCUT2D eigenvalue weighted by molar-refractivity contribution is 5.88. The molecule has 1 rings (SSSR count). The molecule has 5 N–H and O–H groups in total. The van der Waals surface area contributed by atoms with Gasteiger partial charge in [-0.1, -0.05) is 0 Å². The quantitative estimate of drug-likeness (QED) is 0.495. The molecule has 0 aromatic rings. The van der Waals surface area contributed by atoms with Crippen molar-refractivity contribution in [1.29, 1.82) is 0 Å². The first-order valence-electron chi connectivity index (χ1n) is 5.57. The lowest BCUT2D eigenvalue weighted by molar-refractivity contribution is -0.138. The van der Waals surface area contributed by atoms with E-state index >= 15 is 0 Å². The van der Waals surface area contributed by atoms with Gasteiger partial charge in [0.2, 0.25) is 17.7 Å². The van der Waals surface area contributed by atoms with E-state index in [9.17, 15) is 14.4 Å². The van der Waals surface area contributed by atoms with Gasteiger partial charge < -0.3 is 21.7 Å². The van der Waals surface area contributed by atoms with Crippen LogP contribution in [0.25, 0.3) is 0 Å². The molecule has 1 heterocycles. The monoisotopic (exact) mass is 242 g/mol. The van der Waals surface area contributed by atoms with E-state index in [4.69, 9.17) is 11.5 Å². The molecule has 7 nitrogen and oxygen atoms in total. The number of rotatable bonds is 6. The fourth-order valence-electron chi connectivity index (χ4n) is 1.88. The lowest BCUT2D eigenvalue weighted by Crippen LogP contribution is -2.45. The summed E-state index contributed by atoms with van der Waals surface area (Å²) in [5.74, 6) is -1.58. The number of carbonyl (C=O) groups excluding carboxylic acids is 3. The molecule has 1 atom stereocenters. The van der Waals surface area contributed by atoms with Gasteiger partial charge in [0.05, 0.1) is 13.1 Å². The van der Waals surface area contributed by atoms with Crippen molar-refractivity contribution in [1.82, 2.24) is 10.2 Å². The number of hydrogen-bond donors (Lipinski definition) is 3. The Labute approximate surface area is 99.5 Å². The third kappa shape index (κ3) is 4.81. The molecule has 0 aromatic heterocycles. The van der Waals surface area contributed by atoms with Crippen LogP contribution in [0.2, 0.25) is 0 Å². The maximum Gasteiger partial charge on any atom is 0.237 e. The number of nitrogens with two attached hydrogens (primary N) is 2. The SMILES string of the molecule is NC(=O)CN(CC(N)=O)C(=O)CC1CCCN1. The molecule has 17 heavy (non-hydrogen) atoms. The van der Waals surface area contributed by atoms with E-state index in [-0.39, 0.29) is 31.5 Å². The summed E-state index contributed by atoms with van der Waals surface area (Å²) in [6, 6.07) is 0.116.